The van der Waals surface area contributed by atoms with E-state index in [1.165, 1.54) is 0 Å². The number of nitrogens with one attached hydrogen (secondary N) is 1. The monoisotopic (exact) mass is 248 g/mol. The van der Waals surface area contributed by atoms with Gasteiger partial charge in [0.05, 0.1) is 17.7 Å². The Balaban J connectivity index is 1.73. The fraction of sp³-hybridized carbons (Fsp3) is 0.643. The minimum Gasteiger partial charge on any atom is -0.469 e. The Hall–Kier alpha value is -1.29. The first-order chi connectivity index (χ1) is 8.75. The molecule has 1 fully saturated rings. The van der Waals surface area contributed by atoms with Crippen molar-refractivity contribution in [3.8, 4) is 0 Å². The predicted molar refractivity (Wildman–Crippen MR) is 67.9 cm³/mol. The zero-order valence-electron chi connectivity index (χ0n) is 10.6. The molecule has 1 unspecified atom stereocenters. The third-order valence-corrected chi connectivity index (χ3v) is 4.54. The van der Waals surface area contributed by atoms with Crippen LogP contribution < -0.4 is 11.1 Å². The van der Waals surface area contributed by atoms with Crippen LogP contribution in [-0.2, 0) is 11.2 Å². The highest BCUT2D eigenvalue weighted by Gasteiger charge is 2.43. The van der Waals surface area contributed by atoms with Gasteiger partial charge in [-0.2, -0.15) is 0 Å². The van der Waals surface area contributed by atoms with Crippen molar-refractivity contribution in [2.45, 2.75) is 44.6 Å². The molecule has 4 nitrogen and oxygen atoms in total. The highest BCUT2D eigenvalue weighted by molar-refractivity contribution is 5.84. The maximum absolute atomic E-state index is 12.4. The van der Waals surface area contributed by atoms with Crippen molar-refractivity contribution in [3.63, 3.8) is 0 Å². The summed E-state index contributed by atoms with van der Waals surface area (Å²) in [5, 5.41) is 3.18. The Morgan fingerprint density at radius 1 is 1.50 bits per heavy atom. The first-order valence-corrected chi connectivity index (χ1v) is 6.82. The first kappa shape index (κ1) is 11.8. The molecule has 18 heavy (non-hydrogen) atoms. The molecule has 0 aliphatic heterocycles. The topological polar surface area (TPSA) is 68.3 Å². The van der Waals surface area contributed by atoms with Gasteiger partial charge in [-0.1, -0.05) is 6.42 Å². The standard InChI is InChI=1S/C14H20N2O2/c15-9-14(6-2-7-14)13(17)16-11-3-1-4-12-10(11)5-8-18-12/h5,8,11H,1-4,6-7,9,15H2,(H,16,17). The molecule has 98 valence electrons. The second-order valence-corrected chi connectivity index (χ2v) is 5.56. The van der Waals surface area contributed by atoms with Crippen LogP contribution in [0.15, 0.2) is 16.7 Å². The fourth-order valence-corrected chi connectivity index (χ4v) is 3.08. The predicted octanol–water partition coefficient (Wildman–Crippen LogP) is 1.90. The average molecular weight is 248 g/mol. The van der Waals surface area contributed by atoms with Crippen molar-refractivity contribution in [1.29, 1.82) is 0 Å². The van der Waals surface area contributed by atoms with Gasteiger partial charge in [-0.15, -0.1) is 0 Å². The summed E-state index contributed by atoms with van der Waals surface area (Å²) >= 11 is 0. The van der Waals surface area contributed by atoms with Crippen LogP contribution in [-0.4, -0.2) is 12.5 Å². The number of amides is 1. The van der Waals surface area contributed by atoms with Gasteiger partial charge in [0, 0.05) is 18.5 Å². The zero-order valence-corrected chi connectivity index (χ0v) is 10.6. The van der Waals surface area contributed by atoms with Crippen molar-refractivity contribution < 1.29 is 9.21 Å². The van der Waals surface area contributed by atoms with Gasteiger partial charge in [-0.25, -0.2) is 0 Å². The largest absolute Gasteiger partial charge is 0.469 e. The fourth-order valence-electron chi connectivity index (χ4n) is 3.08. The SMILES string of the molecule is NCC1(C(=O)NC2CCCc3occc32)CCC1. The minimum atomic E-state index is -0.290. The van der Waals surface area contributed by atoms with Crippen molar-refractivity contribution in [3.05, 3.63) is 23.7 Å². The molecule has 0 spiro atoms. The van der Waals surface area contributed by atoms with E-state index in [0.29, 0.717) is 6.54 Å². The summed E-state index contributed by atoms with van der Waals surface area (Å²) in [6.45, 7) is 0.462. The summed E-state index contributed by atoms with van der Waals surface area (Å²) in [5.41, 5.74) is 6.63. The molecule has 1 heterocycles. The number of hydrogen-bond donors (Lipinski definition) is 2. The molecule has 1 atom stereocenters. The van der Waals surface area contributed by atoms with Crippen molar-refractivity contribution in [2.75, 3.05) is 6.54 Å². The Bertz CT molecular complexity index is 443. The molecule has 0 bridgehead atoms. The van der Waals surface area contributed by atoms with E-state index in [2.05, 4.69) is 5.32 Å². The lowest BCUT2D eigenvalue weighted by Gasteiger charge is -2.40. The molecule has 1 saturated carbocycles. The minimum absolute atomic E-state index is 0.115. The quantitative estimate of drug-likeness (QED) is 0.858. The highest BCUT2D eigenvalue weighted by Crippen LogP contribution is 2.41. The summed E-state index contributed by atoms with van der Waals surface area (Å²) in [6.07, 6.45) is 7.75. The molecule has 1 amide bonds. The molecular weight excluding hydrogens is 228 g/mol. The molecule has 0 aromatic carbocycles. The second-order valence-electron chi connectivity index (χ2n) is 5.56. The third-order valence-electron chi connectivity index (χ3n) is 4.54. The lowest BCUT2D eigenvalue weighted by atomic mass is 9.68. The van der Waals surface area contributed by atoms with E-state index in [0.717, 1.165) is 49.8 Å². The Morgan fingerprint density at radius 3 is 3.00 bits per heavy atom. The van der Waals surface area contributed by atoms with E-state index >= 15 is 0 Å². The van der Waals surface area contributed by atoms with Gasteiger partial charge in [0.15, 0.2) is 0 Å². The molecule has 3 N–H and O–H groups in total. The van der Waals surface area contributed by atoms with E-state index in [-0.39, 0.29) is 17.4 Å². The van der Waals surface area contributed by atoms with E-state index in [9.17, 15) is 4.79 Å². The van der Waals surface area contributed by atoms with Crippen LogP contribution in [0.5, 0.6) is 0 Å². The lowest BCUT2D eigenvalue weighted by Crippen LogP contribution is -2.51. The number of nitrogens with two attached hydrogens (primary N) is 1. The van der Waals surface area contributed by atoms with E-state index < -0.39 is 0 Å². The van der Waals surface area contributed by atoms with Gasteiger partial charge in [-0.3, -0.25) is 4.79 Å². The summed E-state index contributed by atoms with van der Waals surface area (Å²) in [5.74, 6) is 1.16. The van der Waals surface area contributed by atoms with Crippen LogP contribution in [0, 0.1) is 5.41 Å². The summed E-state index contributed by atoms with van der Waals surface area (Å²) < 4.78 is 5.44. The van der Waals surface area contributed by atoms with Gasteiger partial charge < -0.3 is 15.5 Å². The van der Waals surface area contributed by atoms with E-state index in [4.69, 9.17) is 10.2 Å². The van der Waals surface area contributed by atoms with Crippen molar-refractivity contribution in [2.24, 2.45) is 11.1 Å². The molecule has 4 heteroatoms. The van der Waals surface area contributed by atoms with E-state index in [1.807, 2.05) is 6.07 Å². The molecule has 1 aromatic heterocycles. The summed E-state index contributed by atoms with van der Waals surface area (Å²) in [6, 6.07) is 2.10. The molecular formula is C14H20N2O2. The number of hydrogen-bond acceptors (Lipinski definition) is 3. The first-order valence-electron chi connectivity index (χ1n) is 6.82. The molecule has 0 saturated heterocycles. The third kappa shape index (κ3) is 1.75. The Morgan fingerprint density at radius 2 is 2.33 bits per heavy atom. The average Bonchev–Trinajstić information content (AvgIpc) is 2.77. The molecule has 2 aliphatic carbocycles. The lowest BCUT2D eigenvalue weighted by molar-refractivity contribution is -0.136. The second kappa shape index (κ2) is 4.43. The van der Waals surface area contributed by atoms with Crippen LogP contribution >= 0.6 is 0 Å². The summed E-state index contributed by atoms with van der Waals surface area (Å²) in [7, 11) is 0. The molecule has 3 rings (SSSR count). The number of fused-ring (bicyclic) bond motifs is 1. The van der Waals surface area contributed by atoms with Crippen LogP contribution in [0.3, 0.4) is 0 Å². The molecule has 0 radical (unpaired) electrons. The molecule has 1 aromatic rings. The van der Waals surface area contributed by atoms with Crippen LogP contribution in [0.25, 0.3) is 0 Å². The van der Waals surface area contributed by atoms with E-state index in [1.54, 1.807) is 6.26 Å². The Labute approximate surface area is 107 Å². The van der Waals surface area contributed by atoms with Crippen LogP contribution in [0.1, 0.15) is 49.5 Å². The van der Waals surface area contributed by atoms with Gasteiger partial charge in [0.1, 0.15) is 5.76 Å². The normalized spacial score (nSPS) is 25.1. The van der Waals surface area contributed by atoms with Crippen molar-refractivity contribution >= 4 is 5.91 Å². The smallest absolute Gasteiger partial charge is 0.227 e. The van der Waals surface area contributed by atoms with Crippen molar-refractivity contribution in [1.82, 2.24) is 5.32 Å². The number of carbonyl (C=O) groups excluding carboxylic acids is 1. The van der Waals surface area contributed by atoms with Crippen LogP contribution in [0.2, 0.25) is 0 Å². The number of carbonyl (C=O) groups is 1. The highest BCUT2D eigenvalue weighted by atomic mass is 16.3. The van der Waals surface area contributed by atoms with Gasteiger partial charge in [-0.05, 0) is 31.7 Å². The maximum atomic E-state index is 12.4. The number of rotatable bonds is 3. The molecule has 2 aliphatic rings. The number of furan rings is 1. The van der Waals surface area contributed by atoms with Gasteiger partial charge in [0.25, 0.3) is 0 Å². The van der Waals surface area contributed by atoms with Crippen LogP contribution in [0.4, 0.5) is 0 Å². The number of aryl methyl sites for hydroxylation is 1. The summed E-state index contributed by atoms with van der Waals surface area (Å²) in [4.78, 5) is 12.4. The zero-order chi connectivity index (χ0) is 12.6. The maximum Gasteiger partial charge on any atom is 0.227 e. The Kier molecular flexibility index (Phi) is 2.90. The van der Waals surface area contributed by atoms with Gasteiger partial charge >= 0.3 is 0 Å². The van der Waals surface area contributed by atoms with Gasteiger partial charge in [0.2, 0.25) is 5.91 Å².